The van der Waals surface area contributed by atoms with Crippen LogP contribution >= 0.6 is 0 Å². The van der Waals surface area contributed by atoms with Gasteiger partial charge in [-0.1, -0.05) is 53.4 Å². The number of methoxy groups -OCH3 is 1. The summed E-state index contributed by atoms with van der Waals surface area (Å²) >= 11 is 0. The van der Waals surface area contributed by atoms with Gasteiger partial charge in [-0.2, -0.15) is 0 Å². The molecule has 0 spiro atoms. The van der Waals surface area contributed by atoms with Gasteiger partial charge in [-0.05, 0) is 12.8 Å². The van der Waals surface area contributed by atoms with Crippen LogP contribution in [0.25, 0.3) is 0 Å². The first-order chi connectivity index (χ1) is 8.68. The number of carbonyl (C=O) groups is 1. The van der Waals surface area contributed by atoms with Gasteiger partial charge in [0, 0.05) is 27.6 Å². The Bertz CT molecular complexity index is 176. The number of ether oxygens (including phenoxy) is 1. The maximum atomic E-state index is 11.2. The lowest BCUT2D eigenvalue weighted by atomic mass is 10.1. The average Bonchev–Trinajstić information content (AvgIpc) is 2.38. The van der Waals surface area contributed by atoms with E-state index in [0.717, 1.165) is 19.6 Å². The predicted molar refractivity (Wildman–Crippen MR) is 80.9 cm³/mol. The Morgan fingerprint density at radius 2 is 1.56 bits per heavy atom. The summed E-state index contributed by atoms with van der Waals surface area (Å²) in [7, 11) is 1.75. The highest BCUT2D eigenvalue weighted by molar-refractivity contribution is 5.77. The van der Waals surface area contributed by atoms with Crippen molar-refractivity contribution in [1.82, 2.24) is 5.32 Å². The van der Waals surface area contributed by atoms with Gasteiger partial charge in [0.05, 0.1) is 0 Å². The molecule has 0 aliphatic heterocycles. The number of hydrogen-bond donors (Lipinski definition) is 1. The summed E-state index contributed by atoms with van der Waals surface area (Å²) in [6, 6.07) is 0. The van der Waals surface area contributed by atoms with Crippen LogP contribution in [0.4, 0.5) is 0 Å². The van der Waals surface area contributed by atoms with Crippen LogP contribution in [-0.4, -0.2) is 26.2 Å². The molecule has 18 heavy (non-hydrogen) atoms. The van der Waals surface area contributed by atoms with Gasteiger partial charge < -0.3 is 10.1 Å². The molecule has 0 aromatic heterocycles. The molecule has 112 valence electrons. The molecule has 0 aliphatic carbocycles. The van der Waals surface area contributed by atoms with E-state index in [2.05, 4.69) is 5.32 Å². The minimum atomic E-state index is 0. The van der Waals surface area contributed by atoms with Crippen LogP contribution in [-0.2, 0) is 9.53 Å². The summed E-state index contributed by atoms with van der Waals surface area (Å²) in [6.45, 7) is 9.55. The second-order valence-electron chi connectivity index (χ2n) is 4.56. The molecule has 0 aromatic rings. The highest BCUT2D eigenvalue weighted by atomic mass is 16.5. The van der Waals surface area contributed by atoms with Gasteiger partial charge in [0.1, 0.15) is 0 Å². The number of hydrogen-bond acceptors (Lipinski definition) is 2. The smallest absolute Gasteiger partial charge is 0.222 e. The Kier molecular flexibility index (Phi) is 18.0. The van der Waals surface area contributed by atoms with E-state index in [1.807, 2.05) is 27.7 Å². The molecule has 0 rings (SSSR count). The average molecular weight is 261 g/mol. The number of rotatable bonds is 10. The topological polar surface area (TPSA) is 38.3 Å². The van der Waals surface area contributed by atoms with E-state index >= 15 is 0 Å². The summed E-state index contributed by atoms with van der Waals surface area (Å²) < 4.78 is 4.99. The van der Waals surface area contributed by atoms with Gasteiger partial charge in [0.2, 0.25) is 5.91 Å². The van der Waals surface area contributed by atoms with Crippen LogP contribution < -0.4 is 5.32 Å². The Morgan fingerprint density at radius 3 is 2.06 bits per heavy atom. The minimum Gasteiger partial charge on any atom is -0.385 e. The lowest BCUT2D eigenvalue weighted by Gasteiger charge is -2.07. The maximum Gasteiger partial charge on any atom is 0.222 e. The normalized spacial score (nSPS) is 9.89. The molecular formula is C15H35NO2. The Hall–Kier alpha value is -0.570. The van der Waals surface area contributed by atoms with Gasteiger partial charge in [-0.25, -0.2) is 0 Å². The van der Waals surface area contributed by atoms with E-state index in [1.165, 1.54) is 32.1 Å². The van der Waals surface area contributed by atoms with Crippen LogP contribution in [0, 0.1) is 5.92 Å². The Balaban J connectivity index is -0.000000809. The first kappa shape index (κ1) is 19.8. The van der Waals surface area contributed by atoms with E-state index < -0.39 is 0 Å². The molecule has 3 nitrogen and oxygen atoms in total. The number of unbranched alkanes of at least 4 members (excludes halogenated alkanes) is 5. The summed E-state index contributed by atoms with van der Waals surface area (Å²) in [5.41, 5.74) is 0. The monoisotopic (exact) mass is 261 g/mol. The molecule has 0 aromatic carbocycles. The van der Waals surface area contributed by atoms with E-state index in [9.17, 15) is 4.79 Å². The van der Waals surface area contributed by atoms with Crippen LogP contribution in [0.3, 0.4) is 0 Å². The molecule has 1 amide bonds. The zero-order chi connectivity index (χ0) is 14.2. The molecular weight excluding hydrogens is 226 g/mol. The van der Waals surface area contributed by atoms with Crippen LogP contribution in [0.1, 0.15) is 67.6 Å². The predicted octanol–water partition coefficient (Wildman–Crippen LogP) is 4.02. The van der Waals surface area contributed by atoms with E-state index in [0.29, 0.717) is 0 Å². The van der Waals surface area contributed by atoms with Crippen molar-refractivity contribution in [3.05, 3.63) is 0 Å². The molecule has 3 heteroatoms. The van der Waals surface area contributed by atoms with Crippen molar-refractivity contribution >= 4 is 5.91 Å². The first-order valence-electron chi connectivity index (χ1n) is 7.45. The zero-order valence-corrected chi connectivity index (χ0v) is 13.1. The molecule has 0 aliphatic rings. The second kappa shape index (κ2) is 16.4. The van der Waals surface area contributed by atoms with Crippen molar-refractivity contribution in [2.45, 2.75) is 66.2 Å². The fourth-order valence-electron chi connectivity index (χ4n) is 1.49. The fourth-order valence-corrected chi connectivity index (χ4v) is 1.49. The SMILES string of the molecule is CC.COCCCCCCCCNC(=O)C(C)C.[HH]. The lowest BCUT2D eigenvalue weighted by Crippen LogP contribution is -2.28. The largest absolute Gasteiger partial charge is 0.385 e. The third-order valence-corrected chi connectivity index (χ3v) is 2.60. The highest BCUT2D eigenvalue weighted by Gasteiger charge is 2.04. The summed E-state index contributed by atoms with van der Waals surface area (Å²) in [4.78, 5) is 11.2. The summed E-state index contributed by atoms with van der Waals surface area (Å²) in [6.07, 6.45) is 7.28. The highest BCUT2D eigenvalue weighted by Crippen LogP contribution is 2.05. The third-order valence-electron chi connectivity index (χ3n) is 2.60. The van der Waals surface area contributed by atoms with Gasteiger partial charge in [0.25, 0.3) is 0 Å². The van der Waals surface area contributed by atoms with Crippen LogP contribution in [0.15, 0.2) is 0 Å². The maximum absolute atomic E-state index is 11.2. The van der Waals surface area contributed by atoms with Gasteiger partial charge >= 0.3 is 0 Å². The lowest BCUT2D eigenvalue weighted by molar-refractivity contribution is -0.123. The Labute approximate surface area is 115 Å². The fraction of sp³-hybridized carbons (Fsp3) is 0.933. The standard InChI is InChI=1S/C13H27NO2.C2H6.H2/c1-12(2)13(15)14-10-8-6-4-5-7-9-11-16-3;1-2;/h12H,4-11H2,1-3H3,(H,14,15);1-2H3;1H. The van der Waals surface area contributed by atoms with Crippen molar-refractivity contribution in [3.8, 4) is 0 Å². The van der Waals surface area contributed by atoms with Gasteiger partial charge in [-0.15, -0.1) is 0 Å². The van der Waals surface area contributed by atoms with Crippen molar-refractivity contribution < 1.29 is 11.0 Å². The Morgan fingerprint density at radius 1 is 1.06 bits per heavy atom. The van der Waals surface area contributed by atoms with Crippen molar-refractivity contribution in [3.63, 3.8) is 0 Å². The number of carbonyl (C=O) groups excluding carboxylic acids is 1. The number of nitrogens with one attached hydrogen (secondary N) is 1. The summed E-state index contributed by atoms with van der Waals surface area (Å²) in [5, 5.41) is 2.93. The molecule has 0 bridgehead atoms. The molecule has 0 saturated carbocycles. The molecule has 0 fully saturated rings. The molecule has 0 saturated heterocycles. The van der Waals surface area contributed by atoms with Crippen molar-refractivity contribution in [1.29, 1.82) is 0 Å². The molecule has 0 unspecified atom stereocenters. The minimum absolute atomic E-state index is 0. The quantitative estimate of drug-likeness (QED) is 0.603. The zero-order valence-electron chi connectivity index (χ0n) is 13.1. The third kappa shape index (κ3) is 15.4. The van der Waals surface area contributed by atoms with Gasteiger partial charge in [0.15, 0.2) is 0 Å². The van der Waals surface area contributed by atoms with Crippen LogP contribution in [0.5, 0.6) is 0 Å². The van der Waals surface area contributed by atoms with Crippen molar-refractivity contribution in [2.24, 2.45) is 5.92 Å². The molecule has 1 N–H and O–H groups in total. The molecule has 0 atom stereocenters. The first-order valence-corrected chi connectivity index (χ1v) is 7.45. The van der Waals surface area contributed by atoms with Gasteiger partial charge in [-0.3, -0.25) is 4.79 Å². The second-order valence-corrected chi connectivity index (χ2v) is 4.56. The van der Waals surface area contributed by atoms with E-state index in [4.69, 9.17) is 4.74 Å². The molecule has 0 radical (unpaired) electrons. The summed E-state index contributed by atoms with van der Waals surface area (Å²) in [5.74, 6) is 0.272. The van der Waals surface area contributed by atoms with E-state index in [1.54, 1.807) is 7.11 Å². The van der Waals surface area contributed by atoms with Crippen molar-refractivity contribution in [2.75, 3.05) is 20.3 Å². The van der Waals surface area contributed by atoms with E-state index in [-0.39, 0.29) is 13.3 Å². The number of amides is 1. The molecule has 0 heterocycles. The van der Waals surface area contributed by atoms with Crippen LogP contribution in [0.2, 0.25) is 0 Å².